The third kappa shape index (κ3) is 2.97. The Labute approximate surface area is 114 Å². The van der Waals surface area contributed by atoms with Crippen molar-refractivity contribution in [3.63, 3.8) is 0 Å². The number of aliphatic hydroxyl groups excluding tert-OH is 1. The lowest BCUT2D eigenvalue weighted by molar-refractivity contribution is 0.248. The molecular weight excluding hydrogens is 248 g/mol. The van der Waals surface area contributed by atoms with Crippen LogP contribution in [0.5, 0.6) is 0 Å². The number of hydrogen-bond donors (Lipinski definition) is 2. The zero-order chi connectivity index (χ0) is 13.2. The van der Waals surface area contributed by atoms with Crippen molar-refractivity contribution < 1.29 is 5.11 Å². The maximum absolute atomic E-state index is 9.38. The molecule has 0 spiro atoms. The molecule has 2 N–H and O–H groups in total. The van der Waals surface area contributed by atoms with Crippen molar-refractivity contribution in [2.75, 3.05) is 24.6 Å². The van der Waals surface area contributed by atoms with Gasteiger partial charge in [-0.05, 0) is 51.1 Å². The van der Waals surface area contributed by atoms with Crippen LogP contribution in [0.3, 0.4) is 0 Å². The molecule has 0 bridgehead atoms. The average Bonchev–Trinajstić information content (AvgIpc) is 2.49. The standard InChI is InChI=1S/C14H21ClN2O/c1-14(2)7-8-16-12(10-18)9-17(14)13-5-3-11(15)4-6-13/h3-6,12,16,18H,7-10H2,1-2H3. The van der Waals surface area contributed by atoms with E-state index in [1.807, 2.05) is 24.3 Å². The van der Waals surface area contributed by atoms with Gasteiger partial charge in [-0.1, -0.05) is 11.6 Å². The predicted octanol–water partition coefficient (Wildman–Crippen LogP) is 2.28. The fourth-order valence-electron chi connectivity index (χ4n) is 2.45. The zero-order valence-electron chi connectivity index (χ0n) is 11.0. The molecule has 1 atom stereocenters. The molecule has 0 aromatic heterocycles. The lowest BCUT2D eigenvalue weighted by Crippen LogP contribution is -2.47. The van der Waals surface area contributed by atoms with Gasteiger partial charge < -0.3 is 15.3 Å². The Bertz CT molecular complexity index is 391. The molecule has 1 unspecified atom stereocenters. The van der Waals surface area contributed by atoms with E-state index in [1.165, 1.54) is 0 Å². The summed E-state index contributed by atoms with van der Waals surface area (Å²) in [6, 6.07) is 8.05. The molecule has 0 amide bonds. The van der Waals surface area contributed by atoms with Crippen LogP contribution in [0.25, 0.3) is 0 Å². The lowest BCUT2D eigenvalue weighted by Gasteiger charge is -2.39. The number of benzene rings is 1. The quantitative estimate of drug-likeness (QED) is 0.864. The molecule has 1 aromatic rings. The summed E-state index contributed by atoms with van der Waals surface area (Å²) in [5.41, 5.74) is 1.23. The molecule has 1 saturated heterocycles. The fourth-order valence-corrected chi connectivity index (χ4v) is 2.57. The largest absolute Gasteiger partial charge is 0.395 e. The lowest BCUT2D eigenvalue weighted by atomic mass is 9.97. The number of nitrogens with one attached hydrogen (secondary N) is 1. The number of aliphatic hydroxyl groups is 1. The third-order valence-electron chi connectivity index (χ3n) is 3.66. The van der Waals surface area contributed by atoms with Crippen LogP contribution in [0, 0.1) is 0 Å². The minimum atomic E-state index is 0.0742. The molecule has 100 valence electrons. The van der Waals surface area contributed by atoms with Gasteiger partial charge in [0.15, 0.2) is 0 Å². The first-order valence-corrected chi connectivity index (χ1v) is 6.78. The van der Waals surface area contributed by atoms with E-state index in [2.05, 4.69) is 24.1 Å². The summed E-state index contributed by atoms with van der Waals surface area (Å²) in [5.74, 6) is 0. The van der Waals surface area contributed by atoms with Gasteiger partial charge in [-0.25, -0.2) is 0 Å². The van der Waals surface area contributed by atoms with Crippen molar-refractivity contribution in [2.45, 2.75) is 31.8 Å². The predicted molar refractivity (Wildman–Crippen MR) is 76.4 cm³/mol. The average molecular weight is 269 g/mol. The second kappa shape index (κ2) is 5.47. The van der Waals surface area contributed by atoms with E-state index in [1.54, 1.807) is 0 Å². The van der Waals surface area contributed by atoms with Crippen molar-refractivity contribution in [3.8, 4) is 0 Å². The van der Waals surface area contributed by atoms with Gasteiger partial charge >= 0.3 is 0 Å². The molecule has 1 aliphatic heterocycles. The normalized spacial score (nSPS) is 23.8. The smallest absolute Gasteiger partial charge is 0.0601 e. The topological polar surface area (TPSA) is 35.5 Å². The van der Waals surface area contributed by atoms with Crippen molar-refractivity contribution in [3.05, 3.63) is 29.3 Å². The van der Waals surface area contributed by atoms with E-state index in [0.717, 1.165) is 30.2 Å². The second-order valence-electron chi connectivity index (χ2n) is 5.48. The molecule has 1 aliphatic rings. The molecule has 18 heavy (non-hydrogen) atoms. The molecule has 0 radical (unpaired) electrons. The van der Waals surface area contributed by atoms with Gasteiger partial charge in [-0.15, -0.1) is 0 Å². The second-order valence-corrected chi connectivity index (χ2v) is 5.92. The van der Waals surface area contributed by atoms with Gasteiger partial charge in [-0.3, -0.25) is 0 Å². The third-order valence-corrected chi connectivity index (χ3v) is 3.91. The monoisotopic (exact) mass is 268 g/mol. The Kier molecular flexibility index (Phi) is 4.15. The van der Waals surface area contributed by atoms with Crippen LogP contribution < -0.4 is 10.2 Å². The fraction of sp³-hybridized carbons (Fsp3) is 0.571. The molecular formula is C14H21ClN2O. The van der Waals surface area contributed by atoms with Crippen molar-refractivity contribution in [1.29, 1.82) is 0 Å². The highest BCUT2D eigenvalue weighted by molar-refractivity contribution is 6.30. The summed E-state index contributed by atoms with van der Waals surface area (Å²) >= 11 is 5.94. The molecule has 1 fully saturated rings. The van der Waals surface area contributed by atoms with E-state index in [-0.39, 0.29) is 18.2 Å². The minimum absolute atomic E-state index is 0.0742. The Morgan fingerprint density at radius 2 is 2.06 bits per heavy atom. The van der Waals surface area contributed by atoms with Gasteiger partial charge in [-0.2, -0.15) is 0 Å². The van der Waals surface area contributed by atoms with Gasteiger partial charge in [0, 0.05) is 28.8 Å². The summed E-state index contributed by atoms with van der Waals surface area (Å²) < 4.78 is 0. The van der Waals surface area contributed by atoms with E-state index in [9.17, 15) is 5.11 Å². The molecule has 3 nitrogen and oxygen atoms in total. The number of rotatable bonds is 2. The van der Waals surface area contributed by atoms with Crippen molar-refractivity contribution in [1.82, 2.24) is 5.32 Å². The maximum atomic E-state index is 9.38. The summed E-state index contributed by atoms with van der Waals surface area (Å²) in [6.07, 6.45) is 1.05. The summed E-state index contributed by atoms with van der Waals surface area (Å²) in [4.78, 5) is 2.35. The van der Waals surface area contributed by atoms with E-state index >= 15 is 0 Å². The van der Waals surface area contributed by atoms with Gasteiger partial charge in [0.1, 0.15) is 0 Å². The number of hydrogen-bond acceptors (Lipinski definition) is 3. The van der Waals surface area contributed by atoms with Crippen molar-refractivity contribution >= 4 is 17.3 Å². The minimum Gasteiger partial charge on any atom is -0.395 e. The Hall–Kier alpha value is -0.770. The number of halogens is 1. The SMILES string of the molecule is CC1(C)CCNC(CO)CN1c1ccc(Cl)cc1. The van der Waals surface area contributed by atoms with E-state index in [0.29, 0.717) is 0 Å². The van der Waals surface area contributed by atoms with Crippen LogP contribution >= 0.6 is 11.6 Å². The molecule has 0 saturated carbocycles. The van der Waals surface area contributed by atoms with Crippen LogP contribution in [-0.4, -0.2) is 36.4 Å². The van der Waals surface area contributed by atoms with Crippen LogP contribution in [-0.2, 0) is 0 Å². The number of nitrogens with zero attached hydrogens (tertiary/aromatic N) is 1. The maximum Gasteiger partial charge on any atom is 0.0601 e. The Morgan fingerprint density at radius 3 is 2.67 bits per heavy atom. The van der Waals surface area contributed by atoms with Crippen LogP contribution in [0.4, 0.5) is 5.69 Å². The van der Waals surface area contributed by atoms with Crippen molar-refractivity contribution in [2.24, 2.45) is 0 Å². The first-order chi connectivity index (χ1) is 8.53. The number of anilines is 1. The van der Waals surface area contributed by atoms with E-state index < -0.39 is 0 Å². The Morgan fingerprint density at radius 1 is 1.39 bits per heavy atom. The summed E-state index contributed by atoms with van der Waals surface area (Å²) in [7, 11) is 0. The van der Waals surface area contributed by atoms with Crippen LogP contribution in [0.15, 0.2) is 24.3 Å². The molecule has 2 rings (SSSR count). The van der Waals surface area contributed by atoms with Gasteiger partial charge in [0.2, 0.25) is 0 Å². The molecule has 1 heterocycles. The molecule has 1 aromatic carbocycles. The molecule has 0 aliphatic carbocycles. The molecule has 4 heteroatoms. The van der Waals surface area contributed by atoms with Crippen LogP contribution in [0.2, 0.25) is 5.02 Å². The van der Waals surface area contributed by atoms with Gasteiger partial charge in [0.05, 0.1) is 6.61 Å². The zero-order valence-corrected chi connectivity index (χ0v) is 11.7. The summed E-state index contributed by atoms with van der Waals surface area (Å²) in [5, 5.41) is 13.5. The first kappa shape index (κ1) is 13.7. The van der Waals surface area contributed by atoms with Gasteiger partial charge in [0.25, 0.3) is 0 Å². The highest BCUT2D eigenvalue weighted by Gasteiger charge is 2.31. The highest BCUT2D eigenvalue weighted by Crippen LogP contribution is 2.29. The highest BCUT2D eigenvalue weighted by atomic mass is 35.5. The Balaban J connectivity index is 2.27. The van der Waals surface area contributed by atoms with Crippen LogP contribution in [0.1, 0.15) is 20.3 Å². The van der Waals surface area contributed by atoms with E-state index in [4.69, 9.17) is 11.6 Å². The summed E-state index contributed by atoms with van der Waals surface area (Å²) in [6.45, 7) is 6.39. The first-order valence-electron chi connectivity index (χ1n) is 6.40.